The first-order valence-electron chi connectivity index (χ1n) is 10.3. The lowest BCUT2D eigenvalue weighted by Crippen LogP contribution is -2.36. The van der Waals surface area contributed by atoms with Gasteiger partial charge in [-0.15, -0.1) is 0 Å². The molecule has 2 aromatic carbocycles. The Balaban J connectivity index is 1.66. The van der Waals surface area contributed by atoms with Gasteiger partial charge in [-0.25, -0.2) is 4.99 Å². The van der Waals surface area contributed by atoms with Crippen LogP contribution in [0, 0.1) is 6.92 Å². The van der Waals surface area contributed by atoms with Crippen LogP contribution in [0.1, 0.15) is 31.6 Å². The van der Waals surface area contributed by atoms with Gasteiger partial charge in [-0.1, -0.05) is 53.9 Å². The first kappa shape index (κ1) is 22.7. The number of benzene rings is 2. The SMILES string of the molecule is CC[C@@H](C)N1C(=O)/C(=C\c2ccc(-c3cccc(Cl)c3Cl)o2)SC1=Nc1ccc(C)cc1. The van der Waals surface area contributed by atoms with Crippen molar-refractivity contribution in [3.8, 4) is 11.3 Å². The fourth-order valence-corrected chi connectivity index (χ4v) is 4.73. The number of nitrogens with zero attached hydrogens (tertiary/aromatic N) is 2. The Hall–Kier alpha value is -2.47. The molecule has 0 N–H and O–H groups in total. The Morgan fingerprint density at radius 2 is 1.88 bits per heavy atom. The number of hydrogen-bond acceptors (Lipinski definition) is 4. The van der Waals surface area contributed by atoms with Crippen molar-refractivity contribution >= 4 is 57.8 Å². The molecule has 0 unspecified atom stereocenters. The summed E-state index contributed by atoms with van der Waals surface area (Å²) in [7, 11) is 0. The number of amidine groups is 1. The van der Waals surface area contributed by atoms with Crippen LogP contribution in [-0.2, 0) is 4.79 Å². The summed E-state index contributed by atoms with van der Waals surface area (Å²) in [6.07, 6.45) is 2.58. The lowest BCUT2D eigenvalue weighted by molar-refractivity contribution is -0.123. The first-order chi connectivity index (χ1) is 15.4. The first-order valence-corrected chi connectivity index (χ1v) is 11.9. The Bertz CT molecular complexity index is 1210. The van der Waals surface area contributed by atoms with Crippen molar-refractivity contribution < 1.29 is 9.21 Å². The van der Waals surface area contributed by atoms with Crippen molar-refractivity contribution in [2.45, 2.75) is 33.2 Å². The van der Waals surface area contributed by atoms with Gasteiger partial charge in [0.2, 0.25) is 0 Å². The minimum atomic E-state index is -0.0750. The molecule has 1 amide bonds. The number of aliphatic imine (C=N–C) groups is 1. The molecule has 0 radical (unpaired) electrons. The summed E-state index contributed by atoms with van der Waals surface area (Å²) in [5.41, 5.74) is 2.69. The predicted octanol–water partition coefficient (Wildman–Crippen LogP) is 7.96. The average molecular weight is 485 g/mol. The maximum Gasteiger partial charge on any atom is 0.267 e. The fraction of sp³-hybridized carbons (Fsp3) is 0.200. The molecule has 0 bridgehead atoms. The fourth-order valence-electron chi connectivity index (χ4n) is 3.26. The maximum atomic E-state index is 13.2. The van der Waals surface area contributed by atoms with Gasteiger partial charge in [0.1, 0.15) is 11.5 Å². The van der Waals surface area contributed by atoms with Gasteiger partial charge < -0.3 is 4.42 Å². The number of amides is 1. The van der Waals surface area contributed by atoms with Crippen LogP contribution in [-0.4, -0.2) is 22.0 Å². The number of furan rings is 1. The lowest BCUT2D eigenvalue weighted by atomic mass is 10.2. The van der Waals surface area contributed by atoms with E-state index in [0.717, 1.165) is 17.7 Å². The number of rotatable bonds is 5. The molecule has 2 heterocycles. The van der Waals surface area contributed by atoms with Crippen molar-refractivity contribution in [3.63, 3.8) is 0 Å². The lowest BCUT2D eigenvalue weighted by Gasteiger charge is -2.22. The number of halogens is 2. The van der Waals surface area contributed by atoms with E-state index in [2.05, 4.69) is 6.92 Å². The molecule has 1 saturated heterocycles. The maximum absolute atomic E-state index is 13.2. The van der Waals surface area contributed by atoms with Crippen molar-refractivity contribution in [3.05, 3.63) is 80.9 Å². The number of hydrogen-bond donors (Lipinski definition) is 0. The normalized spacial score (nSPS) is 17.5. The van der Waals surface area contributed by atoms with E-state index in [1.165, 1.54) is 11.8 Å². The molecule has 32 heavy (non-hydrogen) atoms. The Morgan fingerprint density at radius 3 is 2.59 bits per heavy atom. The third-order valence-electron chi connectivity index (χ3n) is 5.24. The van der Waals surface area contributed by atoms with Crippen LogP contribution in [0.2, 0.25) is 10.0 Å². The summed E-state index contributed by atoms with van der Waals surface area (Å²) in [4.78, 5) is 20.3. The second-order valence-corrected chi connectivity index (χ2v) is 9.37. The van der Waals surface area contributed by atoms with Gasteiger partial charge in [0.05, 0.1) is 20.6 Å². The van der Waals surface area contributed by atoms with Gasteiger partial charge in [-0.3, -0.25) is 9.69 Å². The third-order valence-corrected chi connectivity index (χ3v) is 7.05. The highest BCUT2D eigenvalue weighted by Gasteiger charge is 2.36. The largest absolute Gasteiger partial charge is 0.457 e. The van der Waals surface area contributed by atoms with E-state index < -0.39 is 0 Å². The molecule has 0 spiro atoms. The van der Waals surface area contributed by atoms with Crippen molar-refractivity contribution in [2.75, 3.05) is 0 Å². The summed E-state index contributed by atoms with van der Waals surface area (Å²) >= 11 is 13.8. The summed E-state index contributed by atoms with van der Waals surface area (Å²) in [6, 6.07) is 17.0. The number of thioether (sulfide) groups is 1. The highest BCUT2D eigenvalue weighted by molar-refractivity contribution is 8.18. The molecule has 1 fully saturated rings. The minimum Gasteiger partial charge on any atom is -0.457 e. The molecule has 164 valence electrons. The van der Waals surface area contributed by atoms with Crippen molar-refractivity contribution in [2.24, 2.45) is 4.99 Å². The van der Waals surface area contributed by atoms with Crippen LogP contribution < -0.4 is 0 Å². The molecule has 0 saturated carbocycles. The van der Waals surface area contributed by atoms with E-state index in [1.54, 1.807) is 17.0 Å². The van der Waals surface area contributed by atoms with E-state index >= 15 is 0 Å². The molecule has 1 aliphatic rings. The quantitative estimate of drug-likeness (QED) is 0.345. The van der Waals surface area contributed by atoms with Gasteiger partial charge in [0.15, 0.2) is 5.17 Å². The standard InChI is InChI=1S/C25H22Cl2N2O2S/c1-4-16(3)29-24(30)22(32-25(29)28-17-10-8-15(2)9-11-17)14-18-12-13-21(31-18)19-6-5-7-20(26)23(19)27/h5-14,16H,4H2,1-3H3/b22-14+,28-25?/t16-/m1/s1. The van der Waals surface area contributed by atoms with Crippen LogP contribution in [0.4, 0.5) is 5.69 Å². The van der Waals surface area contributed by atoms with Gasteiger partial charge >= 0.3 is 0 Å². The molecule has 7 heteroatoms. The smallest absolute Gasteiger partial charge is 0.267 e. The van der Waals surface area contributed by atoms with Crippen LogP contribution >= 0.6 is 35.0 Å². The summed E-state index contributed by atoms with van der Waals surface area (Å²) < 4.78 is 5.96. The Kier molecular flexibility index (Phi) is 6.79. The van der Waals surface area contributed by atoms with E-state index in [4.69, 9.17) is 32.6 Å². The Morgan fingerprint density at radius 1 is 1.12 bits per heavy atom. The molecule has 1 aromatic heterocycles. The van der Waals surface area contributed by atoms with Gasteiger partial charge in [0.25, 0.3) is 5.91 Å². The topological polar surface area (TPSA) is 45.8 Å². The number of aryl methyl sites for hydroxylation is 1. The van der Waals surface area contributed by atoms with Gasteiger partial charge in [-0.2, -0.15) is 0 Å². The molecule has 4 rings (SSSR count). The zero-order valence-corrected chi connectivity index (χ0v) is 20.3. The predicted molar refractivity (Wildman–Crippen MR) is 135 cm³/mol. The molecule has 4 nitrogen and oxygen atoms in total. The zero-order chi connectivity index (χ0) is 22.8. The highest BCUT2D eigenvalue weighted by atomic mass is 35.5. The number of carbonyl (C=O) groups is 1. The van der Waals surface area contributed by atoms with Crippen LogP contribution in [0.3, 0.4) is 0 Å². The molecule has 0 aliphatic carbocycles. The van der Waals surface area contributed by atoms with Crippen LogP contribution in [0.25, 0.3) is 17.4 Å². The van der Waals surface area contributed by atoms with Gasteiger partial charge in [0, 0.05) is 17.7 Å². The van der Waals surface area contributed by atoms with Crippen molar-refractivity contribution in [1.82, 2.24) is 4.90 Å². The molecular formula is C25H22Cl2N2O2S. The van der Waals surface area contributed by atoms with E-state index in [9.17, 15) is 4.79 Å². The average Bonchev–Trinajstić information content (AvgIpc) is 3.36. The third kappa shape index (κ3) is 4.65. The summed E-state index contributed by atoms with van der Waals surface area (Å²) in [5, 5.41) is 1.57. The number of carbonyl (C=O) groups excluding carboxylic acids is 1. The monoisotopic (exact) mass is 484 g/mol. The minimum absolute atomic E-state index is 0.0301. The zero-order valence-electron chi connectivity index (χ0n) is 17.9. The van der Waals surface area contributed by atoms with E-state index in [0.29, 0.717) is 37.2 Å². The van der Waals surface area contributed by atoms with Gasteiger partial charge in [-0.05, 0) is 68.4 Å². The van der Waals surface area contributed by atoms with E-state index in [1.807, 2.05) is 62.4 Å². The van der Waals surface area contributed by atoms with Crippen molar-refractivity contribution in [1.29, 1.82) is 0 Å². The summed E-state index contributed by atoms with van der Waals surface area (Å²) in [5.74, 6) is 1.08. The molecule has 3 aromatic rings. The second kappa shape index (κ2) is 9.57. The molecule has 1 atom stereocenters. The van der Waals surface area contributed by atoms with Crippen LogP contribution in [0.15, 0.2) is 68.9 Å². The van der Waals surface area contributed by atoms with E-state index in [-0.39, 0.29) is 11.9 Å². The Labute approximate surface area is 201 Å². The molecule has 1 aliphatic heterocycles. The molecular weight excluding hydrogens is 463 g/mol. The highest BCUT2D eigenvalue weighted by Crippen LogP contribution is 2.38. The summed E-state index contributed by atoms with van der Waals surface area (Å²) in [6.45, 7) is 6.12. The second-order valence-electron chi connectivity index (χ2n) is 7.58. The van der Waals surface area contributed by atoms with Crippen LogP contribution in [0.5, 0.6) is 0 Å².